The molecule has 6 heteroatoms. The Morgan fingerprint density at radius 1 is 1.17 bits per heavy atom. The maximum Gasteiger partial charge on any atom is 0.222 e. The van der Waals surface area contributed by atoms with E-state index in [1.165, 1.54) is 37.8 Å². The van der Waals surface area contributed by atoms with E-state index < -0.39 is 0 Å². The number of hydrogen-bond acceptors (Lipinski definition) is 3. The van der Waals surface area contributed by atoms with Crippen LogP contribution in [-0.2, 0) is 11.2 Å². The van der Waals surface area contributed by atoms with Crippen LogP contribution in [0.1, 0.15) is 37.7 Å². The van der Waals surface area contributed by atoms with E-state index in [0.717, 1.165) is 25.4 Å². The van der Waals surface area contributed by atoms with Crippen molar-refractivity contribution in [2.75, 3.05) is 19.6 Å². The van der Waals surface area contributed by atoms with Gasteiger partial charge in [-0.2, -0.15) is 0 Å². The van der Waals surface area contributed by atoms with Crippen molar-refractivity contribution in [2.45, 2.75) is 44.6 Å². The molecule has 23 heavy (non-hydrogen) atoms. The molecule has 0 spiro atoms. The normalized spacial score (nSPS) is 21.4. The molecule has 1 N–H and O–H groups in total. The fraction of sp³-hybridized carbons (Fsp3) is 0.647. The fourth-order valence-corrected chi connectivity index (χ4v) is 3.62. The van der Waals surface area contributed by atoms with Gasteiger partial charge in [0.05, 0.1) is 0 Å². The number of carbonyl (C=O) groups excluding carboxylic acids is 1. The lowest BCUT2D eigenvalue weighted by atomic mass is 9.88. The summed E-state index contributed by atoms with van der Waals surface area (Å²) in [7, 11) is 0. The highest BCUT2D eigenvalue weighted by atomic mass is 35.5. The number of carbonyl (C=O) groups is 1. The summed E-state index contributed by atoms with van der Waals surface area (Å²) in [5.74, 6) is 1.08. The third-order valence-electron chi connectivity index (χ3n) is 4.94. The third kappa shape index (κ3) is 5.63. The Bertz CT molecular complexity index is 458. The molecule has 130 valence electrons. The zero-order valence-electron chi connectivity index (χ0n) is 13.4. The minimum Gasteiger partial charge on any atom is -0.343 e. The van der Waals surface area contributed by atoms with Gasteiger partial charge in [-0.3, -0.25) is 9.78 Å². The molecular weight excluding hydrogens is 333 g/mol. The van der Waals surface area contributed by atoms with Gasteiger partial charge >= 0.3 is 0 Å². The number of halogens is 2. The molecule has 4 nitrogen and oxygen atoms in total. The van der Waals surface area contributed by atoms with E-state index >= 15 is 0 Å². The lowest BCUT2D eigenvalue weighted by molar-refractivity contribution is -0.132. The second-order valence-corrected chi connectivity index (χ2v) is 6.28. The van der Waals surface area contributed by atoms with Gasteiger partial charge in [-0.05, 0) is 62.3 Å². The first-order valence-corrected chi connectivity index (χ1v) is 8.23. The lowest BCUT2D eigenvalue weighted by Gasteiger charge is -2.35. The zero-order valence-corrected chi connectivity index (χ0v) is 15.1. The van der Waals surface area contributed by atoms with Crippen LogP contribution in [0.5, 0.6) is 0 Å². The average molecular weight is 360 g/mol. The minimum atomic E-state index is 0. The molecule has 0 aromatic carbocycles. The molecule has 0 aliphatic carbocycles. The number of nitrogens with zero attached hydrogens (tertiary/aromatic N) is 2. The molecule has 0 radical (unpaired) electrons. The predicted octanol–water partition coefficient (Wildman–Crippen LogP) is 2.85. The second-order valence-electron chi connectivity index (χ2n) is 6.28. The smallest absolute Gasteiger partial charge is 0.222 e. The van der Waals surface area contributed by atoms with Crippen molar-refractivity contribution >= 4 is 30.7 Å². The molecule has 1 unspecified atom stereocenters. The average Bonchev–Trinajstić information content (AvgIpc) is 3.08. The highest BCUT2D eigenvalue weighted by molar-refractivity contribution is 5.85. The quantitative estimate of drug-likeness (QED) is 0.898. The Morgan fingerprint density at radius 2 is 1.87 bits per heavy atom. The van der Waals surface area contributed by atoms with Crippen LogP contribution in [0.15, 0.2) is 24.5 Å². The van der Waals surface area contributed by atoms with E-state index in [2.05, 4.69) is 15.2 Å². The maximum atomic E-state index is 12.3. The molecule has 2 fully saturated rings. The molecule has 2 aliphatic heterocycles. The van der Waals surface area contributed by atoms with E-state index in [1.54, 1.807) is 12.4 Å². The SMILES string of the molecule is Cl.Cl.O=C(CCc1ccncc1)N1CCC(C2CCCN2)CC1. The summed E-state index contributed by atoms with van der Waals surface area (Å²) in [6.07, 6.45) is 10.00. The second kappa shape index (κ2) is 10.1. The summed E-state index contributed by atoms with van der Waals surface area (Å²) in [5.41, 5.74) is 1.20. The summed E-state index contributed by atoms with van der Waals surface area (Å²) in [4.78, 5) is 18.4. The van der Waals surface area contributed by atoms with Gasteiger partial charge in [0, 0.05) is 37.9 Å². The van der Waals surface area contributed by atoms with Crippen LogP contribution in [-0.4, -0.2) is 41.5 Å². The standard InChI is InChI=1S/C17H25N3O.2ClH/c21-17(4-3-14-5-10-18-11-6-14)20-12-7-15(8-13-20)16-2-1-9-19-16;;/h5-6,10-11,15-16,19H,1-4,7-9,12-13H2;2*1H. The first kappa shape index (κ1) is 20.2. The van der Waals surface area contributed by atoms with Crippen molar-refractivity contribution in [3.63, 3.8) is 0 Å². The molecule has 3 heterocycles. The Kier molecular flexibility index (Phi) is 8.88. The van der Waals surface area contributed by atoms with Crippen molar-refractivity contribution in [1.29, 1.82) is 0 Å². The van der Waals surface area contributed by atoms with Crippen LogP contribution in [0.25, 0.3) is 0 Å². The van der Waals surface area contributed by atoms with Crippen LogP contribution in [0.4, 0.5) is 0 Å². The van der Waals surface area contributed by atoms with Crippen LogP contribution in [0.3, 0.4) is 0 Å². The monoisotopic (exact) mass is 359 g/mol. The Labute approximate surface area is 151 Å². The number of amides is 1. The zero-order chi connectivity index (χ0) is 14.5. The van der Waals surface area contributed by atoms with Gasteiger partial charge in [-0.15, -0.1) is 24.8 Å². The van der Waals surface area contributed by atoms with Crippen LogP contribution in [0.2, 0.25) is 0 Å². The van der Waals surface area contributed by atoms with Gasteiger partial charge in [-0.25, -0.2) is 0 Å². The van der Waals surface area contributed by atoms with E-state index in [0.29, 0.717) is 18.4 Å². The first-order valence-electron chi connectivity index (χ1n) is 8.23. The molecule has 1 atom stereocenters. The van der Waals surface area contributed by atoms with Crippen molar-refractivity contribution < 1.29 is 4.79 Å². The number of piperidine rings is 1. The molecule has 0 bridgehead atoms. The molecule has 2 saturated heterocycles. The van der Waals surface area contributed by atoms with E-state index in [-0.39, 0.29) is 24.8 Å². The van der Waals surface area contributed by atoms with Gasteiger partial charge in [-0.1, -0.05) is 0 Å². The van der Waals surface area contributed by atoms with Crippen LogP contribution >= 0.6 is 24.8 Å². The van der Waals surface area contributed by atoms with Gasteiger partial charge in [0.2, 0.25) is 5.91 Å². The first-order chi connectivity index (χ1) is 10.3. The highest BCUT2D eigenvalue weighted by Gasteiger charge is 2.29. The van der Waals surface area contributed by atoms with Gasteiger partial charge in [0.25, 0.3) is 0 Å². The van der Waals surface area contributed by atoms with E-state index in [4.69, 9.17) is 0 Å². The Balaban J connectivity index is 0.00000132. The van der Waals surface area contributed by atoms with Crippen molar-refractivity contribution in [3.05, 3.63) is 30.1 Å². The van der Waals surface area contributed by atoms with E-state index in [9.17, 15) is 4.79 Å². The number of aromatic nitrogens is 1. The number of likely N-dealkylation sites (tertiary alicyclic amines) is 1. The maximum absolute atomic E-state index is 12.3. The molecular formula is C17H27Cl2N3O. The predicted molar refractivity (Wildman–Crippen MR) is 97.4 cm³/mol. The van der Waals surface area contributed by atoms with Gasteiger partial charge in [0.15, 0.2) is 0 Å². The molecule has 2 aliphatic rings. The van der Waals surface area contributed by atoms with Gasteiger partial charge in [0.1, 0.15) is 0 Å². The van der Waals surface area contributed by atoms with Crippen molar-refractivity contribution in [3.8, 4) is 0 Å². The summed E-state index contributed by atoms with van der Waals surface area (Å²) in [6, 6.07) is 4.69. The number of aryl methyl sites for hydroxylation is 1. The molecule has 1 amide bonds. The number of rotatable bonds is 4. The van der Waals surface area contributed by atoms with Crippen molar-refractivity contribution in [2.24, 2.45) is 5.92 Å². The third-order valence-corrected chi connectivity index (χ3v) is 4.94. The minimum absolute atomic E-state index is 0. The Morgan fingerprint density at radius 3 is 2.48 bits per heavy atom. The summed E-state index contributed by atoms with van der Waals surface area (Å²) >= 11 is 0. The van der Waals surface area contributed by atoms with Gasteiger partial charge < -0.3 is 10.2 Å². The van der Waals surface area contributed by atoms with Crippen LogP contribution < -0.4 is 5.32 Å². The fourth-order valence-electron chi connectivity index (χ4n) is 3.62. The lowest BCUT2D eigenvalue weighted by Crippen LogP contribution is -2.43. The largest absolute Gasteiger partial charge is 0.343 e. The number of nitrogens with one attached hydrogen (secondary N) is 1. The summed E-state index contributed by atoms with van der Waals surface area (Å²) in [6.45, 7) is 3.06. The number of pyridine rings is 1. The Hall–Kier alpha value is -0.840. The summed E-state index contributed by atoms with van der Waals surface area (Å²) < 4.78 is 0. The summed E-state index contributed by atoms with van der Waals surface area (Å²) in [5, 5.41) is 3.61. The highest BCUT2D eigenvalue weighted by Crippen LogP contribution is 2.25. The van der Waals surface area contributed by atoms with Crippen molar-refractivity contribution in [1.82, 2.24) is 15.2 Å². The molecule has 1 aromatic heterocycles. The molecule has 3 rings (SSSR count). The topological polar surface area (TPSA) is 45.2 Å². The van der Waals surface area contributed by atoms with Crippen LogP contribution in [0, 0.1) is 5.92 Å². The molecule has 1 aromatic rings. The van der Waals surface area contributed by atoms with E-state index in [1.807, 2.05) is 12.1 Å². The molecule has 0 saturated carbocycles. The number of hydrogen-bond donors (Lipinski definition) is 1.